The highest BCUT2D eigenvalue weighted by Gasteiger charge is 2.19. The minimum Gasteiger partial charge on any atom is -0.480 e. The number of halogens is 1. The topological polar surface area (TPSA) is 76.2 Å². The van der Waals surface area contributed by atoms with Gasteiger partial charge in [-0.15, -0.1) is 0 Å². The van der Waals surface area contributed by atoms with Gasteiger partial charge in [0.1, 0.15) is 6.61 Å². The molecule has 5 nitrogen and oxygen atoms in total. The van der Waals surface area contributed by atoms with E-state index in [0.29, 0.717) is 11.1 Å². The van der Waals surface area contributed by atoms with Crippen molar-refractivity contribution in [3.63, 3.8) is 0 Å². The summed E-state index contributed by atoms with van der Waals surface area (Å²) in [4.78, 5) is 10.1. The zero-order valence-corrected chi connectivity index (χ0v) is 10.2. The first kappa shape index (κ1) is 13.5. The van der Waals surface area contributed by atoms with Gasteiger partial charge in [0.25, 0.3) is 0 Å². The number of nitriles is 1. The van der Waals surface area contributed by atoms with Crippen LogP contribution in [0.25, 0.3) is 0 Å². The van der Waals surface area contributed by atoms with E-state index in [9.17, 15) is 14.5 Å². The molecule has 0 aliphatic rings. The van der Waals surface area contributed by atoms with Crippen molar-refractivity contribution in [2.24, 2.45) is 0 Å². The number of hydrogen-bond donors (Lipinski definition) is 0. The van der Waals surface area contributed by atoms with E-state index in [1.807, 2.05) is 6.07 Å². The second-order valence-corrected chi connectivity index (χ2v) is 3.95. The van der Waals surface area contributed by atoms with Gasteiger partial charge in [0.15, 0.2) is 5.82 Å². The Labute approximate surface area is 114 Å². The molecule has 0 radical (unpaired) electrons. The van der Waals surface area contributed by atoms with Crippen LogP contribution in [0, 0.1) is 27.3 Å². The molecule has 0 aliphatic carbocycles. The van der Waals surface area contributed by atoms with Crippen LogP contribution >= 0.6 is 0 Å². The predicted octanol–water partition coefficient (Wildman–Crippen LogP) is 3.18. The molecule has 2 rings (SSSR count). The summed E-state index contributed by atoms with van der Waals surface area (Å²) in [6.07, 6.45) is 0. The third-order valence-corrected chi connectivity index (χ3v) is 2.58. The lowest BCUT2D eigenvalue weighted by Gasteiger charge is -2.07. The zero-order valence-electron chi connectivity index (χ0n) is 10.2. The average molecular weight is 272 g/mol. The van der Waals surface area contributed by atoms with Crippen LogP contribution in [0.2, 0.25) is 0 Å². The number of nitrogens with zero attached hydrogens (tertiary/aromatic N) is 2. The Morgan fingerprint density at radius 1 is 1.30 bits per heavy atom. The van der Waals surface area contributed by atoms with Crippen LogP contribution in [0.15, 0.2) is 42.5 Å². The molecular weight excluding hydrogens is 263 g/mol. The monoisotopic (exact) mass is 272 g/mol. The van der Waals surface area contributed by atoms with Crippen molar-refractivity contribution in [2.75, 3.05) is 0 Å². The summed E-state index contributed by atoms with van der Waals surface area (Å²) < 4.78 is 18.8. The fourth-order valence-electron chi connectivity index (χ4n) is 1.67. The molecule has 100 valence electrons. The molecule has 0 unspecified atom stereocenters. The Morgan fingerprint density at radius 3 is 2.75 bits per heavy atom. The standard InChI is InChI=1S/C14H9FN2O3/c15-12-5-2-6-13(17(18)19)14(12)20-9-11-4-1-3-10(7-11)8-16/h1-7H,9H2. The molecule has 0 amide bonds. The Balaban J connectivity index is 2.23. The summed E-state index contributed by atoms with van der Waals surface area (Å²) in [5.74, 6) is -1.20. The van der Waals surface area contributed by atoms with E-state index >= 15 is 0 Å². The van der Waals surface area contributed by atoms with E-state index in [1.54, 1.807) is 24.3 Å². The van der Waals surface area contributed by atoms with Crippen LogP contribution < -0.4 is 4.74 Å². The van der Waals surface area contributed by atoms with Crippen LogP contribution in [0.1, 0.15) is 11.1 Å². The minimum atomic E-state index is -0.796. The van der Waals surface area contributed by atoms with Crippen LogP contribution in [0.3, 0.4) is 0 Å². The average Bonchev–Trinajstić information content (AvgIpc) is 2.45. The maximum absolute atomic E-state index is 13.6. The summed E-state index contributed by atoms with van der Waals surface area (Å²) in [6, 6.07) is 12.0. The van der Waals surface area contributed by atoms with Crippen molar-refractivity contribution in [1.82, 2.24) is 0 Å². The summed E-state index contributed by atoms with van der Waals surface area (Å²) in [5.41, 5.74) is 0.636. The van der Waals surface area contributed by atoms with Crippen LogP contribution in [0.5, 0.6) is 5.75 Å². The fourth-order valence-corrected chi connectivity index (χ4v) is 1.67. The van der Waals surface area contributed by atoms with Crippen molar-refractivity contribution in [3.8, 4) is 11.8 Å². The number of benzene rings is 2. The highest BCUT2D eigenvalue weighted by atomic mass is 19.1. The quantitative estimate of drug-likeness (QED) is 0.632. The van der Waals surface area contributed by atoms with Gasteiger partial charge in [-0.1, -0.05) is 18.2 Å². The molecule has 2 aromatic carbocycles. The maximum atomic E-state index is 13.6. The second kappa shape index (κ2) is 5.80. The number of ether oxygens (including phenoxy) is 1. The van der Waals surface area contributed by atoms with Gasteiger partial charge in [-0.3, -0.25) is 10.1 Å². The lowest BCUT2D eigenvalue weighted by molar-refractivity contribution is -0.386. The van der Waals surface area contributed by atoms with Crippen molar-refractivity contribution in [1.29, 1.82) is 5.26 Å². The molecule has 2 aromatic rings. The molecule has 0 aliphatic heterocycles. The van der Waals surface area contributed by atoms with Gasteiger partial charge in [-0.2, -0.15) is 5.26 Å². The normalized spacial score (nSPS) is 9.80. The van der Waals surface area contributed by atoms with E-state index in [-0.39, 0.29) is 6.61 Å². The number of nitro benzene ring substituents is 1. The third-order valence-electron chi connectivity index (χ3n) is 2.58. The van der Waals surface area contributed by atoms with Crippen molar-refractivity contribution in [2.45, 2.75) is 6.61 Å². The SMILES string of the molecule is N#Cc1cccc(COc2c(F)cccc2[N+](=O)[O-])c1. The zero-order chi connectivity index (χ0) is 14.5. The lowest BCUT2D eigenvalue weighted by atomic mass is 10.1. The fraction of sp³-hybridized carbons (Fsp3) is 0.0714. The van der Waals surface area contributed by atoms with E-state index in [4.69, 9.17) is 10.00 Å². The number of hydrogen-bond acceptors (Lipinski definition) is 4. The molecule has 0 bridgehead atoms. The minimum absolute atomic E-state index is 0.0582. The molecule has 0 N–H and O–H groups in total. The van der Waals surface area contributed by atoms with Crippen molar-refractivity contribution >= 4 is 5.69 Å². The predicted molar refractivity (Wildman–Crippen MR) is 68.5 cm³/mol. The first-order valence-corrected chi connectivity index (χ1v) is 5.66. The Morgan fingerprint density at radius 2 is 2.05 bits per heavy atom. The van der Waals surface area contributed by atoms with Crippen molar-refractivity contribution in [3.05, 3.63) is 69.5 Å². The molecule has 0 saturated carbocycles. The Bertz CT molecular complexity index is 695. The van der Waals surface area contributed by atoms with Crippen LogP contribution in [-0.2, 0) is 6.61 Å². The van der Waals surface area contributed by atoms with Crippen LogP contribution in [0.4, 0.5) is 10.1 Å². The number of rotatable bonds is 4. The Hall–Kier alpha value is -2.94. The van der Waals surface area contributed by atoms with E-state index in [2.05, 4.69) is 0 Å². The summed E-state index contributed by atoms with van der Waals surface area (Å²) in [6.45, 7) is -0.0582. The van der Waals surface area contributed by atoms with Gasteiger partial charge in [-0.05, 0) is 23.8 Å². The first-order valence-electron chi connectivity index (χ1n) is 5.66. The summed E-state index contributed by atoms with van der Waals surface area (Å²) in [7, 11) is 0. The third kappa shape index (κ3) is 2.90. The van der Waals surface area contributed by atoms with Gasteiger partial charge in [0.2, 0.25) is 5.75 Å². The second-order valence-electron chi connectivity index (χ2n) is 3.95. The van der Waals surface area contributed by atoms with Gasteiger partial charge in [0.05, 0.1) is 16.6 Å². The lowest BCUT2D eigenvalue weighted by Crippen LogP contribution is -2.01. The Kier molecular flexibility index (Phi) is 3.91. The smallest absolute Gasteiger partial charge is 0.314 e. The van der Waals surface area contributed by atoms with Crippen molar-refractivity contribution < 1.29 is 14.1 Å². The molecule has 6 heteroatoms. The largest absolute Gasteiger partial charge is 0.480 e. The molecule has 0 atom stereocenters. The molecule has 0 spiro atoms. The number of nitro groups is 1. The maximum Gasteiger partial charge on any atom is 0.314 e. The molecule has 20 heavy (non-hydrogen) atoms. The van der Waals surface area contributed by atoms with Gasteiger partial charge in [0, 0.05) is 6.07 Å². The van der Waals surface area contributed by atoms with E-state index in [0.717, 1.165) is 6.07 Å². The van der Waals surface area contributed by atoms with Gasteiger partial charge < -0.3 is 4.74 Å². The summed E-state index contributed by atoms with van der Waals surface area (Å²) >= 11 is 0. The molecule has 0 heterocycles. The summed E-state index contributed by atoms with van der Waals surface area (Å²) in [5, 5.41) is 19.6. The van der Waals surface area contributed by atoms with Gasteiger partial charge >= 0.3 is 5.69 Å². The highest BCUT2D eigenvalue weighted by Crippen LogP contribution is 2.30. The van der Waals surface area contributed by atoms with E-state index in [1.165, 1.54) is 12.1 Å². The first-order chi connectivity index (χ1) is 9.61. The molecule has 0 saturated heterocycles. The molecular formula is C14H9FN2O3. The van der Waals surface area contributed by atoms with Crippen LogP contribution in [-0.4, -0.2) is 4.92 Å². The molecule has 0 aromatic heterocycles. The van der Waals surface area contributed by atoms with E-state index < -0.39 is 22.2 Å². The number of para-hydroxylation sites is 1. The van der Waals surface area contributed by atoms with Gasteiger partial charge in [-0.25, -0.2) is 4.39 Å². The molecule has 0 fully saturated rings. The highest BCUT2D eigenvalue weighted by molar-refractivity contribution is 5.47.